The maximum Gasteiger partial charge on any atom is 0.407 e. The molecule has 1 fully saturated rings. The first-order chi connectivity index (χ1) is 17.4. The van der Waals surface area contributed by atoms with Crippen LogP contribution in [0.4, 0.5) is 10.5 Å². The minimum atomic E-state index is -0.528. The molecule has 2 aromatic rings. The highest BCUT2D eigenvalue weighted by atomic mass is 35.5. The summed E-state index contributed by atoms with van der Waals surface area (Å²) in [6, 6.07) is 11.7. The van der Waals surface area contributed by atoms with Gasteiger partial charge in [0.2, 0.25) is 0 Å². The average Bonchev–Trinajstić information content (AvgIpc) is 3.22. The Morgan fingerprint density at radius 2 is 1.86 bits per heavy atom. The number of benzene rings is 2. The van der Waals surface area contributed by atoms with E-state index in [2.05, 4.69) is 36.2 Å². The molecule has 1 saturated heterocycles. The monoisotopic (exact) mass is 517 g/mol. The van der Waals surface area contributed by atoms with Crippen LogP contribution in [-0.2, 0) is 16.6 Å². The van der Waals surface area contributed by atoms with Crippen molar-refractivity contribution < 1.29 is 14.3 Å². The molecular weight excluding hydrogens is 486 g/mol. The van der Waals surface area contributed by atoms with E-state index in [4.69, 9.17) is 16.3 Å². The molecule has 0 radical (unpaired) electrons. The smallest absolute Gasteiger partial charge is 0.407 e. The Morgan fingerprint density at radius 3 is 2.51 bits per heavy atom. The Labute approximate surface area is 223 Å². The summed E-state index contributed by atoms with van der Waals surface area (Å²) in [5.74, 6) is 0.00139. The van der Waals surface area contributed by atoms with Gasteiger partial charge in [-0.05, 0) is 86.6 Å². The van der Waals surface area contributed by atoms with E-state index in [-0.39, 0.29) is 23.3 Å². The number of halogens is 1. The maximum atomic E-state index is 13.7. The number of anilines is 1. The van der Waals surface area contributed by atoms with Crippen LogP contribution < -0.4 is 10.2 Å². The van der Waals surface area contributed by atoms with Crippen molar-refractivity contribution in [1.82, 2.24) is 5.32 Å². The van der Waals surface area contributed by atoms with Crippen molar-refractivity contribution in [2.24, 2.45) is 0 Å². The quantitative estimate of drug-likeness (QED) is 0.513. The lowest BCUT2D eigenvalue weighted by atomic mass is 9.68. The van der Waals surface area contributed by atoms with E-state index in [1.165, 1.54) is 0 Å². The minimum Gasteiger partial charge on any atom is -0.444 e. The van der Waals surface area contributed by atoms with Gasteiger partial charge in [0.25, 0.3) is 0 Å². The van der Waals surface area contributed by atoms with E-state index in [0.29, 0.717) is 22.6 Å². The van der Waals surface area contributed by atoms with Crippen molar-refractivity contribution in [3.05, 3.63) is 68.7 Å². The number of allylic oxidation sites excluding steroid dienone is 2. The molecular formula is C30H32ClN3O3. The number of nitrogens with one attached hydrogen (secondary N) is 1. The molecule has 0 aromatic heterocycles. The maximum absolute atomic E-state index is 13.7. The van der Waals surface area contributed by atoms with Gasteiger partial charge < -0.3 is 15.0 Å². The largest absolute Gasteiger partial charge is 0.444 e. The summed E-state index contributed by atoms with van der Waals surface area (Å²) in [5, 5.41) is 12.9. The first kappa shape index (κ1) is 25.4. The SMILES string of the molecule is CC(C)(C)OC(=O)NC1CCN(c2cc3c(cc2Cl)C(=O)C2=C(Cc4cc(C#N)ccc42)C3(C)C)CC1. The van der Waals surface area contributed by atoms with Gasteiger partial charge in [0.05, 0.1) is 22.3 Å². The Morgan fingerprint density at radius 1 is 1.16 bits per heavy atom. The molecule has 2 aromatic carbocycles. The molecule has 1 heterocycles. The number of amides is 1. The number of ketones is 1. The van der Waals surface area contributed by atoms with Gasteiger partial charge in [-0.3, -0.25) is 4.79 Å². The van der Waals surface area contributed by atoms with Gasteiger partial charge in [0.1, 0.15) is 5.60 Å². The molecule has 2 aliphatic carbocycles. The molecule has 6 nitrogen and oxygen atoms in total. The van der Waals surface area contributed by atoms with Crippen LogP contribution in [-0.4, -0.2) is 36.6 Å². The lowest BCUT2D eigenvalue weighted by Gasteiger charge is -2.38. The van der Waals surface area contributed by atoms with Gasteiger partial charge >= 0.3 is 6.09 Å². The number of hydrogen-bond acceptors (Lipinski definition) is 5. The Bertz CT molecular complexity index is 1390. The number of rotatable bonds is 2. The lowest BCUT2D eigenvalue weighted by Crippen LogP contribution is -2.46. The topological polar surface area (TPSA) is 82.4 Å². The predicted molar refractivity (Wildman–Crippen MR) is 145 cm³/mol. The summed E-state index contributed by atoms with van der Waals surface area (Å²) in [7, 11) is 0. The molecule has 0 bridgehead atoms. The standard InChI is InChI=1S/C30H32ClN3O3/c1-29(2,3)37-28(36)33-19-8-10-34(11-9-19)25-15-22-21(14-24(25)31)27(35)26-20-7-6-17(16-32)12-18(20)13-23(26)30(22,4)5/h6-7,12,14-15,19H,8-11,13H2,1-5H3,(H,33,36). The van der Waals surface area contributed by atoms with Gasteiger partial charge in [0, 0.05) is 35.7 Å². The number of fused-ring (bicyclic) bond motifs is 3. The third kappa shape index (κ3) is 4.51. The fourth-order valence-electron chi connectivity index (χ4n) is 5.83. The zero-order chi connectivity index (χ0) is 26.7. The van der Waals surface area contributed by atoms with Crippen molar-refractivity contribution in [2.45, 2.75) is 70.9 Å². The molecule has 7 heteroatoms. The summed E-state index contributed by atoms with van der Waals surface area (Å²) in [5.41, 5.74) is 6.09. The molecule has 1 aliphatic heterocycles. The third-order valence-electron chi connectivity index (χ3n) is 7.72. The van der Waals surface area contributed by atoms with Gasteiger partial charge in [-0.1, -0.05) is 31.5 Å². The number of nitrogens with zero attached hydrogens (tertiary/aromatic N) is 2. The normalized spacial score (nSPS) is 18.6. The molecule has 1 amide bonds. The number of carbonyl (C=O) groups excluding carboxylic acids is 2. The molecule has 0 atom stereocenters. The number of piperidine rings is 1. The van der Waals surface area contributed by atoms with E-state index in [1.807, 2.05) is 39.0 Å². The Balaban J connectivity index is 1.39. The van der Waals surface area contributed by atoms with Crippen molar-refractivity contribution in [1.29, 1.82) is 5.26 Å². The lowest BCUT2D eigenvalue weighted by molar-refractivity contribution is 0.0497. The first-order valence-corrected chi connectivity index (χ1v) is 13.2. The zero-order valence-corrected chi connectivity index (χ0v) is 22.8. The third-order valence-corrected chi connectivity index (χ3v) is 8.02. The van der Waals surface area contributed by atoms with Gasteiger partial charge in [-0.15, -0.1) is 0 Å². The highest BCUT2D eigenvalue weighted by molar-refractivity contribution is 6.36. The number of carbonyl (C=O) groups is 2. The molecule has 3 aliphatic rings. The summed E-state index contributed by atoms with van der Waals surface area (Å²) < 4.78 is 5.40. The van der Waals surface area contributed by atoms with Crippen LogP contribution in [0.5, 0.6) is 0 Å². The van der Waals surface area contributed by atoms with Crippen LogP contribution in [0.25, 0.3) is 5.57 Å². The summed E-state index contributed by atoms with van der Waals surface area (Å²) >= 11 is 6.79. The number of ether oxygens (including phenoxy) is 1. The average molecular weight is 518 g/mol. The number of hydrogen-bond donors (Lipinski definition) is 1. The van der Waals surface area contributed by atoms with Gasteiger partial charge in [-0.25, -0.2) is 4.79 Å². The molecule has 192 valence electrons. The Hall–Kier alpha value is -3.30. The fraction of sp³-hybridized carbons (Fsp3) is 0.433. The number of nitriles is 1. The molecule has 5 rings (SSSR count). The van der Waals surface area contributed by atoms with E-state index in [1.54, 1.807) is 6.07 Å². The Kier molecular flexibility index (Phi) is 6.11. The van der Waals surface area contributed by atoms with Crippen molar-refractivity contribution in [3.8, 4) is 6.07 Å². The number of alkyl carbamates (subject to hydrolysis) is 1. The predicted octanol–water partition coefficient (Wildman–Crippen LogP) is 6.19. The summed E-state index contributed by atoms with van der Waals surface area (Å²) in [6.07, 6.45) is 1.83. The summed E-state index contributed by atoms with van der Waals surface area (Å²) in [6.45, 7) is 11.4. The highest BCUT2D eigenvalue weighted by Gasteiger charge is 2.43. The second-order valence-corrected chi connectivity index (χ2v) is 12.1. The minimum absolute atomic E-state index is 0.00139. The van der Waals surface area contributed by atoms with Crippen LogP contribution in [0.15, 0.2) is 35.9 Å². The van der Waals surface area contributed by atoms with Crippen LogP contribution in [0, 0.1) is 11.3 Å². The van der Waals surface area contributed by atoms with E-state index < -0.39 is 5.60 Å². The second kappa shape index (κ2) is 8.92. The van der Waals surface area contributed by atoms with Crippen molar-refractivity contribution >= 4 is 34.7 Å². The van der Waals surface area contributed by atoms with Crippen LogP contribution in [0.1, 0.15) is 80.1 Å². The molecule has 1 N–H and O–H groups in total. The molecule has 0 spiro atoms. The number of Topliss-reactive ketones (excluding diaryl/α,β-unsaturated/α-hetero) is 1. The molecule has 0 unspecified atom stereocenters. The van der Waals surface area contributed by atoms with E-state index in [9.17, 15) is 14.9 Å². The summed E-state index contributed by atoms with van der Waals surface area (Å²) in [4.78, 5) is 28.2. The first-order valence-electron chi connectivity index (χ1n) is 12.8. The molecule has 37 heavy (non-hydrogen) atoms. The van der Waals surface area contributed by atoms with Crippen molar-refractivity contribution in [3.63, 3.8) is 0 Å². The van der Waals surface area contributed by atoms with Crippen LogP contribution in [0.3, 0.4) is 0 Å². The zero-order valence-electron chi connectivity index (χ0n) is 22.0. The van der Waals surface area contributed by atoms with Gasteiger partial charge in [-0.2, -0.15) is 5.26 Å². The van der Waals surface area contributed by atoms with Gasteiger partial charge in [0.15, 0.2) is 5.78 Å². The van der Waals surface area contributed by atoms with Crippen LogP contribution in [0.2, 0.25) is 5.02 Å². The van der Waals surface area contributed by atoms with E-state index >= 15 is 0 Å². The van der Waals surface area contributed by atoms with Crippen molar-refractivity contribution in [2.75, 3.05) is 18.0 Å². The second-order valence-electron chi connectivity index (χ2n) is 11.7. The van der Waals surface area contributed by atoms with Crippen LogP contribution >= 0.6 is 11.6 Å². The van der Waals surface area contributed by atoms with E-state index in [0.717, 1.165) is 59.5 Å². The fourth-order valence-corrected chi connectivity index (χ4v) is 6.12. The molecule has 0 saturated carbocycles. The highest BCUT2D eigenvalue weighted by Crippen LogP contribution is 2.51.